The fourth-order valence-electron chi connectivity index (χ4n) is 4.95. The number of methoxy groups -OCH3 is 4. The Morgan fingerprint density at radius 1 is 0.930 bits per heavy atom. The number of aliphatic hydroxyl groups is 1. The van der Waals surface area contributed by atoms with Crippen LogP contribution in [0.15, 0.2) is 60.2 Å². The number of aromatic nitrogens is 1. The first-order chi connectivity index (χ1) is 20.8. The molecule has 43 heavy (non-hydrogen) atoms. The van der Waals surface area contributed by atoms with Crippen molar-refractivity contribution in [3.05, 3.63) is 71.3 Å². The topological polar surface area (TPSA) is 117 Å². The highest BCUT2D eigenvalue weighted by molar-refractivity contribution is 7.22. The van der Waals surface area contributed by atoms with Gasteiger partial charge in [-0.2, -0.15) is 0 Å². The molecule has 1 fully saturated rings. The number of hydrogen-bond donors (Lipinski definition) is 1. The standard InChI is InChI=1S/C32H32N2O8S/c1-6-7-13-42-21-10-8-9-18(14-21)28(35)26-27(19-15-23(39-3)30(41-5)24(16-19)40-4)34(31(37)29(26)36)32-33-22-12-11-20(38-2)17-25(22)43-32/h8-12,14-17,27,35H,6-7,13H2,1-5H3. The number of nitrogens with zero attached hydrogens (tertiary/aromatic N) is 2. The summed E-state index contributed by atoms with van der Waals surface area (Å²) in [5.74, 6) is 0.124. The van der Waals surface area contributed by atoms with Crippen LogP contribution in [0, 0.1) is 0 Å². The SMILES string of the molecule is CCCCOc1cccc(C(O)=C2C(=O)C(=O)N(c3nc4ccc(OC)cc4s3)C2c2cc(OC)c(OC)c(OC)c2)c1. The molecule has 1 aromatic heterocycles. The van der Waals surface area contributed by atoms with Crippen LogP contribution in [-0.2, 0) is 9.59 Å². The molecule has 0 aliphatic carbocycles. The third kappa shape index (κ3) is 5.55. The Bertz CT molecular complexity index is 1690. The van der Waals surface area contributed by atoms with E-state index < -0.39 is 17.7 Å². The molecule has 0 bridgehead atoms. The van der Waals surface area contributed by atoms with E-state index in [0.29, 0.717) is 52.0 Å². The van der Waals surface area contributed by atoms with Crippen LogP contribution < -0.4 is 28.6 Å². The second-order valence-corrected chi connectivity index (χ2v) is 10.7. The molecule has 1 aliphatic rings. The number of ketones is 1. The second-order valence-electron chi connectivity index (χ2n) is 9.69. The van der Waals surface area contributed by atoms with Gasteiger partial charge in [-0.25, -0.2) is 4.98 Å². The van der Waals surface area contributed by atoms with Crippen LogP contribution in [0.2, 0.25) is 0 Å². The van der Waals surface area contributed by atoms with Crippen LogP contribution in [0.25, 0.3) is 16.0 Å². The minimum atomic E-state index is -1.07. The van der Waals surface area contributed by atoms with Gasteiger partial charge in [-0.1, -0.05) is 36.8 Å². The number of thiazole rings is 1. The van der Waals surface area contributed by atoms with Gasteiger partial charge in [0.25, 0.3) is 5.78 Å². The molecule has 10 nitrogen and oxygen atoms in total. The van der Waals surface area contributed by atoms with Gasteiger partial charge in [0.2, 0.25) is 5.75 Å². The lowest BCUT2D eigenvalue weighted by atomic mass is 9.94. The van der Waals surface area contributed by atoms with Crippen molar-refractivity contribution < 1.29 is 38.4 Å². The second kappa shape index (κ2) is 12.6. The largest absolute Gasteiger partial charge is 0.507 e. The van der Waals surface area contributed by atoms with Gasteiger partial charge in [0.15, 0.2) is 16.6 Å². The number of unbranched alkanes of at least 4 members (excludes halogenated alkanes) is 1. The summed E-state index contributed by atoms with van der Waals surface area (Å²) >= 11 is 1.23. The van der Waals surface area contributed by atoms with Crippen LogP contribution in [0.4, 0.5) is 5.13 Å². The van der Waals surface area contributed by atoms with Gasteiger partial charge in [-0.3, -0.25) is 14.5 Å². The van der Waals surface area contributed by atoms with Crippen molar-refractivity contribution in [2.45, 2.75) is 25.8 Å². The van der Waals surface area contributed by atoms with Gasteiger partial charge in [-0.15, -0.1) is 0 Å². The molecule has 4 aromatic rings. The van der Waals surface area contributed by atoms with Crippen molar-refractivity contribution in [1.82, 2.24) is 4.98 Å². The molecular formula is C32H32N2O8S. The predicted molar refractivity (Wildman–Crippen MR) is 164 cm³/mol. The van der Waals surface area contributed by atoms with E-state index in [1.807, 2.05) is 6.07 Å². The van der Waals surface area contributed by atoms with E-state index in [1.165, 1.54) is 37.6 Å². The number of Topliss-reactive ketones (excluding diaryl/α,β-unsaturated/α-hetero) is 1. The molecule has 11 heteroatoms. The van der Waals surface area contributed by atoms with Gasteiger partial charge in [0.1, 0.15) is 17.3 Å². The van der Waals surface area contributed by atoms with Crippen molar-refractivity contribution in [3.63, 3.8) is 0 Å². The van der Waals surface area contributed by atoms with Crippen molar-refractivity contribution >= 4 is 44.1 Å². The first kappa shape index (κ1) is 29.7. The van der Waals surface area contributed by atoms with E-state index in [1.54, 1.807) is 55.6 Å². The number of carbonyl (C=O) groups excluding carboxylic acids is 2. The van der Waals surface area contributed by atoms with E-state index in [2.05, 4.69) is 11.9 Å². The molecule has 0 saturated carbocycles. The summed E-state index contributed by atoms with van der Waals surface area (Å²) in [6.07, 6.45) is 1.84. The number of amides is 1. The zero-order valence-corrected chi connectivity index (χ0v) is 25.3. The Morgan fingerprint density at radius 2 is 1.67 bits per heavy atom. The minimum absolute atomic E-state index is 0.109. The molecule has 1 N–H and O–H groups in total. The highest BCUT2D eigenvalue weighted by Gasteiger charge is 2.48. The van der Waals surface area contributed by atoms with Crippen molar-refractivity contribution in [2.24, 2.45) is 0 Å². The summed E-state index contributed by atoms with van der Waals surface area (Å²) in [5, 5.41) is 11.9. The van der Waals surface area contributed by atoms with Crippen LogP contribution in [0.5, 0.6) is 28.7 Å². The van der Waals surface area contributed by atoms with Crippen LogP contribution in [0.3, 0.4) is 0 Å². The fourth-order valence-corrected chi connectivity index (χ4v) is 5.97. The van der Waals surface area contributed by atoms with Crippen molar-refractivity contribution in [1.29, 1.82) is 0 Å². The number of anilines is 1. The quantitative estimate of drug-likeness (QED) is 0.0933. The summed E-state index contributed by atoms with van der Waals surface area (Å²) in [6.45, 7) is 2.58. The molecule has 0 radical (unpaired) electrons. The molecule has 2 heterocycles. The van der Waals surface area contributed by atoms with Gasteiger partial charge in [-0.05, 0) is 54.4 Å². The lowest BCUT2D eigenvalue weighted by Crippen LogP contribution is -2.29. The summed E-state index contributed by atoms with van der Waals surface area (Å²) in [5.41, 5.74) is 1.30. The van der Waals surface area contributed by atoms with Gasteiger partial charge in [0, 0.05) is 5.56 Å². The Hall–Kier alpha value is -4.77. The number of fused-ring (bicyclic) bond motifs is 1. The lowest BCUT2D eigenvalue weighted by Gasteiger charge is -2.24. The maximum absolute atomic E-state index is 13.8. The summed E-state index contributed by atoms with van der Waals surface area (Å²) in [4.78, 5) is 33.5. The minimum Gasteiger partial charge on any atom is -0.507 e. The average molecular weight is 605 g/mol. The number of rotatable bonds is 11. The number of carbonyl (C=O) groups is 2. The maximum atomic E-state index is 13.8. The molecule has 5 rings (SSSR count). The Morgan fingerprint density at radius 3 is 2.33 bits per heavy atom. The molecule has 224 valence electrons. The van der Waals surface area contributed by atoms with E-state index in [9.17, 15) is 14.7 Å². The molecule has 1 amide bonds. The van der Waals surface area contributed by atoms with E-state index in [-0.39, 0.29) is 16.5 Å². The zero-order valence-electron chi connectivity index (χ0n) is 24.5. The zero-order chi connectivity index (χ0) is 30.7. The number of aliphatic hydroxyl groups excluding tert-OH is 1. The Balaban J connectivity index is 1.72. The number of ether oxygens (including phenoxy) is 5. The van der Waals surface area contributed by atoms with E-state index in [4.69, 9.17) is 23.7 Å². The molecule has 1 unspecified atom stereocenters. The average Bonchev–Trinajstić information content (AvgIpc) is 3.57. The molecule has 3 aromatic carbocycles. The van der Waals surface area contributed by atoms with E-state index >= 15 is 0 Å². The van der Waals surface area contributed by atoms with Crippen LogP contribution in [-0.4, -0.2) is 56.8 Å². The van der Waals surface area contributed by atoms with Gasteiger partial charge >= 0.3 is 5.91 Å². The smallest absolute Gasteiger partial charge is 0.301 e. The summed E-state index contributed by atoms with van der Waals surface area (Å²) < 4.78 is 28.6. The highest BCUT2D eigenvalue weighted by Crippen LogP contribution is 2.48. The molecular weight excluding hydrogens is 572 g/mol. The molecule has 0 spiro atoms. The first-order valence-corrected chi connectivity index (χ1v) is 14.5. The first-order valence-electron chi connectivity index (χ1n) is 13.6. The van der Waals surface area contributed by atoms with Crippen LogP contribution >= 0.6 is 11.3 Å². The molecule has 1 aliphatic heterocycles. The summed E-state index contributed by atoms with van der Waals surface area (Å²) in [7, 11) is 6.00. The Labute approximate surface area is 253 Å². The predicted octanol–water partition coefficient (Wildman–Crippen LogP) is 6.14. The third-order valence-corrected chi connectivity index (χ3v) is 8.13. The normalized spacial score (nSPS) is 16.0. The van der Waals surface area contributed by atoms with Gasteiger partial charge in [0.05, 0.1) is 56.9 Å². The Kier molecular flexibility index (Phi) is 8.72. The van der Waals surface area contributed by atoms with Gasteiger partial charge < -0.3 is 28.8 Å². The van der Waals surface area contributed by atoms with Crippen molar-refractivity contribution in [3.8, 4) is 28.7 Å². The monoisotopic (exact) mass is 604 g/mol. The molecule has 1 saturated heterocycles. The summed E-state index contributed by atoms with van der Waals surface area (Å²) in [6, 6.07) is 14.4. The van der Waals surface area contributed by atoms with E-state index in [0.717, 1.165) is 17.5 Å². The number of benzene rings is 3. The fraction of sp³-hybridized carbons (Fsp3) is 0.281. The maximum Gasteiger partial charge on any atom is 0.301 e. The third-order valence-electron chi connectivity index (χ3n) is 7.11. The number of hydrogen-bond acceptors (Lipinski definition) is 10. The van der Waals surface area contributed by atoms with Crippen LogP contribution in [0.1, 0.15) is 36.9 Å². The highest BCUT2D eigenvalue weighted by atomic mass is 32.1. The molecule has 1 atom stereocenters. The van der Waals surface area contributed by atoms with Crippen molar-refractivity contribution in [2.75, 3.05) is 39.9 Å². The lowest BCUT2D eigenvalue weighted by molar-refractivity contribution is -0.132.